The van der Waals surface area contributed by atoms with E-state index in [4.69, 9.17) is 4.74 Å². The van der Waals surface area contributed by atoms with Gasteiger partial charge in [0.1, 0.15) is 18.2 Å². The van der Waals surface area contributed by atoms with Gasteiger partial charge in [-0.25, -0.2) is 4.98 Å². The van der Waals surface area contributed by atoms with Gasteiger partial charge in [0.15, 0.2) is 5.82 Å². The van der Waals surface area contributed by atoms with Gasteiger partial charge in [0.2, 0.25) is 0 Å². The number of rotatable bonds is 3. The zero-order chi connectivity index (χ0) is 10.7. The van der Waals surface area contributed by atoms with Gasteiger partial charge in [0.05, 0.1) is 0 Å². The molecule has 0 amide bonds. The molecule has 0 saturated carbocycles. The molecule has 0 spiro atoms. The summed E-state index contributed by atoms with van der Waals surface area (Å²) < 4.78 is 5.54. The Hall–Kier alpha value is -1.84. The van der Waals surface area contributed by atoms with Crippen molar-refractivity contribution in [2.24, 2.45) is 0 Å². The van der Waals surface area contributed by atoms with E-state index >= 15 is 0 Å². The third-order valence-electron chi connectivity index (χ3n) is 2.00. The molecule has 0 fully saturated rings. The van der Waals surface area contributed by atoms with Crippen LogP contribution in [0.4, 0.5) is 0 Å². The molecule has 4 heteroatoms. The average molecular weight is 203 g/mol. The van der Waals surface area contributed by atoms with Gasteiger partial charge in [0, 0.05) is 0 Å². The number of benzene rings is 1. The summed E-state index contributed by atoms with van der Waals surface area (Å²) in [4.78, 5) is 4.16. The van der Waals surface area contributed by atoms with Crippen molar-refractivity contribution in [1.82, 2.24) is 15.2 Å². The molecule has 1 heterocycles. The molecule has 1 N–H and O–H groups in total. The molecule has 2 aromatic rings. The number of hydrogen-bond acceptors (Lipinski definition) is 3. The lowest BCUT2D eigenvalue weighted by Crippen LogP contribution is -1.97. The Balaban J connectivity index is 1.99. The highest BCUT2D eigenvalue weighted by Gasteiger charge is 2.00. The Morgan fingerprint density at radius 1 is 1.33 bits per heavy atom. The number of nitrogens with zero attached hydrogens (tertiary/aromatic N) is 2. The van der Waals surface area contributed by atoms with Gasteiger partial charge in [-0.3, -0.25) is 5.10 Å². The first-order chi connectivity index (χ1) is 7.24. The minimum atomic E-state index is 0.397. The lowest BCUT2D eigenvalue weighted by atomic mass is 10.2. The summed E-state index contributed by atoms with van der Waals surface area (Å²) in [7, 11) is 0. The van der Waals surface area contributed by atoms with Crippen molar-refractivity contribution >= 4 is 0 Å². The highest BCUT2D eigenvalue weighted by atomic mass is 16.5. The van der Waals surface area contributed by atoms with E-state index in [1.165, 1.54) is 5.56 Å². The molecule has 0 unspecified atom stereocenters. The Labute approximate surface area is 88.3 Å². The van der Waals surface area contributed by atoms with E-state index in [1.807, 2.05) is 38.1 Å². The van der Waals surface area contributed by atoms with Gasteiger partial charge in [-0.2, -0.15) is 5.10 Å². The number of ether oxygens (including phenoxy) is 1. The molecular formula is C11H13N3O. The van der Waals surface area contributed by atoms with Crippen molar-refractivity contribution in [3.05, 3.63) is 41.5 Å². The first kappa shape index (κ1) is 9.71. The van der Waals surface area contributed by atoms with Crippen LogP contribution in [0.5, 0.6) is 5.75 Å². The van der Waals surface area contributed by atoms with Crippen LogP contribution in [-0.2, 0) is 6.61 Å². The van der Waals surface area contributed by atoms with Crippen LogP contribution in [-0.4, -0.2) is 15.2 Å². The molecular weight excluding hydrogens is 190 g/mol. The molecule has 1 aromatic heterocycles. The maximum absolute atomic E-state index is 5.54. The second kappa shape index (κ2) is 4.13. The van der Waals surface area contributed by atoms with Crippen LogP contribution in [0.2, 0.25) is 0 Å². The maximum Gasteiger partial charge on any atom is 0.188 e. The van der Waals surface area contributed by atoms with Crippen LogP contribution in [0.3, 0.4) is 0 Å². The zero-order valence-electron chi connectivity index (χ0n) is 8.82. The fourth-order valence-electron chi connectivity index (χ4n) is 1.31. The second-order valence-corrected chi connectivity index (χ2v) is 3.44. The number of H-pyrrole nitrogens is 1. The highest BCUT2D eigenvalue weighted by Crippen LogP contribution is 2.13. The maximum atomic E-state index is 5.54. The molecule has 15 heavy (non-hydrogen) atoms. The normalized spacial score (nSPS) is 10.3. The first-order valence-corrected chi connectivity index (χ1v) is 4.81. The minimum Gasteiger partial charge on any atom is -0.486 e. The monoisotopic (exact) mass is 203 g/mol. The number of nitrogens with one attached hydrogen (secondary N) is 1. The van der Waals surface area contributed by atoms with E-state index in [0.29, 0.717) is 12.4 Å². The standard InChI is InChI=1S/C11H13N3O/c1-8-4-3-5-10(6-8)15-7-11-12-9(2)13-14-11/h3-6H,7H2,1-2H3,(H,12,13,14). The van der Waals surface area contributed by atoms with E-state index in [9.17, 15) is 0 Å². The summed E-state index contributed by atoms with van der Waals surface area (Å²) in [6.45, 7) is 4.29. The predicted molar refractivity (Wildman–Crippen MR) is 56.6 cm³/mol. The molecule has 78 valence electrons. The fourth-order valence-corrected chi connectivity index (χ4v) is 1.31. The average Bonchev–Trinajstić information content (AvgIpc) is 2.62. The van der Waals surface area contributed by atoms with Gasteiger partial charge in [-0.1, -0.05) is 12.1 Å². The van der Waals surface area contributed by atoms with Gasteiger partial charge >= 0.3 is 0 Å². The molecule has 2 rings (SSSR count). The Morgan fingerprint density at radius 3 is 2.87 bits per heavy atom. The minimum absolute atomic E-state index is 0.397. The number of aromatic amines is 1. The van der Waals surface area contributed by atoms with E-state index in [2.05, 4.69) is 15.2 Å². The quantitative estimate of drug-likeness (QED) is 0.830. The summed E-state index contributed by atoms with van der Waals surface area (Å²) in [6, 6.07) is 7.91. The van der Waals surface area contributed by atoms with Gasteiger partial charge < -0.3 is 4.74 Å². The van der Waals surface area contributed by atoms with E-state index in [1.54, 1.807) is 0 Å². The van der Waals surface area contributed by atoms with Crippen LogP contribution in [0, 0.1) is 13.8 Å². The topological polar surface area (TPSA) is 50.8 Å². The molecule has 4 nitrogen and oxygen atoms in total. The lowest BCUT2D eigenvalue weighted by Gasteiger charge is -2.03. The smallest absolute Gasteiger partial charge is 0.188 e. The molecule has 0 bridgehead atoms. The van der Waals surface area contributed by atoms with Crippen molar-refractivity contribution in [1.29, 1.82) is 0 Å². The third-order valence-corrected chi connectivity index (χ3v) is 2.00. The van der Waals surface area contributed by atoms with Crippen molar-refractivity contribution in [2.75, 3.05) is 0 Å². The largest absolute Gasteiger partial charge is 0.486 e. The zero-order valence-corrected chi connectivity index (χ0v) is 8.82. The lowest BCUT2D eigenvalue weighted by molar-refractivity contribution is 0.296. The van der Waals surface area contributed by atoms with Crippen LogP contribution in [0.15, 0.2) is 24.3 Å². The summed E-state index contributed by atoms with van der Waals surface area (Å²) in [5.41, 5.74) is 1.18. The molecule has 0 aliphatic carbocycles. The Morgan fingerprint density at radius 2 is 2.20 bits per heavy atom. The SMILES string of the molecule is Cc1cccc(OCc2n[nH]c(C)n2)c1. The third kappa shape index (κ3) is 2.56. The van der Waals surface area contributed by atoms with Gasteiger partial charge in [0.25, 0.3) is 0 Å². The molecule has 0 radical (unpaired) electrons. The first-order valence-electron chi connectivity index (χ1n) is 4.81. The number of hydrogen-bond donors (Lipinski definition) is 1. The summed E-state index contributed by atoms with van der Waals surface area (Å²) >= 11 is 0. The summed E-state index contributed by atoms with van der Waals surface area (Å²) in [5, 5.41) is 6.77. The van der Waals surface area contributed by atoms with E-state index in [-0.39, 0.29) is 0 Å². The van der Waals surface area contributed by atoms with Crippen molar-refractivity contribution in [3.8, 4) is 5.75 Å². The number of aryl methyl sites for hydroxylation is 2. The van der Waals surface area contributed by atoms with E-state index in [0.717, 1.165) is 11.6 Å². The van der Waals surface area contributed by atoms with Gasteiger partial charge in [-0.15, -0.1) is 0 Å². The molecule has 1 aromatic carbocycles. The predicted octanol–water partition coefficient (Wildman–Crippen LogP) is 2.00. The molecule has 0 atom stereocenters. The number of aromatic nitrogens is 3. The van der Waals surface area contributed by atoms with Crippen LogP contribution >= 0.6 is 0 Å². The summed E-state index contributed by atoms with van der Waals surface area (Å²) in [5.74, 6) is 2.32. The van der Waals surface area contributed by atoms with Crippen molar-refractivity contribution in [2.45, 2.75) is 20.5 Å². The second-order valence-electron chi connectivity index (χ2n) is 3.44. The Bertz CT molecular complexity index is 451. The van der Waals surface area contributed by atoms with Crippen molar-refractivity contribution < 1.29 is 4.74 Å². The molecule has 0 aliphatic heterocycles. The van der Waals surface area contributed by atoms with E-state index < -0.39 is 0 Å². The fraction of sp³-hybridized carbons (Fsp3) is 0.273. The molecule has 0 aliphatic rings. The van der Waals surface area contributed by atoms with Crippen LogP contribution in [0.1, 0.15) is 17.2 Å². The highest BCUT2D eigenvalue weighted by molar-refractivity contribution is 5.27. The van der Waals surface area contributed by atoms with Gasteiger partial charge in [-0.05, 0) is 31.5 Å². The summed E-state index contributed by atoms with van der Waals surface area (Å²) in [6.07, 6.45) is 0. The van der Waals surface area contributed by atoms with Crippen LogP contribution < -0.4 is 4.74 Å². The van der Waals surface area contributed by atoms with Crippen molar-refractivity contribution in [3.63, 3.8) is 0 Å². The molecule has 0 saturated heterocycles. The van der Waals surface area contributed by atoms with Crippen LogP contribution in [0.25, 0.3) is 0 Å². The Kier molecular flexibility index (Phi) is 2.67.